The standard InChI is InChI=1S/C15H25BrN2/c1-12(2)10-17-8-9-18(4)11-14-7-5-6-13(3)15(14)16/h5-7,12,17H,8-11H2,1-4H3. The zero-order valence-corrected chi connectivity index (χ0v) is 13.5. The molecule has 0 radical (unpaired) electrons. The maximum Gasteiger partial charge on any atom is 0.0249 e. The van der Waals surface area contributed by atoms with Crippen LogP contribution in [0.15, 0.2) is 22.7 Å². The number of likely N-dealkylation sites (N-methyl/N-ethyl adjacent to an activating group) is 1. The summed E-state index contributed by atoms with van der Waals surface area (Å²) in [6.07, 6.45) is 0. The Hall–Kier alpha value is -0.380. The normalized spacial score (nSPS) is 11.5. The van der Waals surface area contributed by atoms with Gasteiger partial charge in [-0.15, -0.1) is 0 Å². The Kier molecular flexibility index (Phi) is 6.90. The van der Waals surface area contributed by atoms with E-state index in [1.807, 2.05) is 0 Å². The highest BCUT2D eigenvalue weighted by atomic mass is 79.9. The topological polar surface area (TPSA) is 15.3 Å². The molecule has 102 valence electrons. The Labute approximate surface area is 120 Å². The molecule has 0 amide bonds. The number of benzene rings is 1. The molecule has 0 atom stereocenters. The third-order valence-corrected chi connectivity index (χ3v) is 4.07. The third kappa shape index (κ3) is 5.51. The van der Waals surface area contributed by atoms with E-state index in [0.29, 0.717) is 0 Å². The van der Waals surface area contributed by atoms with E-state index in [1.165, 1.54) is 15.6 Å². The molecule has 1 aromatic rings. The monoisotopic (exact) mass is 312 g/mol. The lowest BCUT2D eigenvalue weighted by atomic mass is 10.1. The first kappa shape index (κ1) is 15.7. The van der Waals surface area contributed by atoms with Gasteiger partial charge in [-0.25, -0.2) is 0 Å². The van der Waals surface area contributed by atoms with Crippen molar-refractivity contribution in [3.05, 3.63) is 33.8 Å². The van der Waals surface area contributed by atoms with Crippen molar-refractivity contribution in [2.24, 2.45) is 5.92 Å². The number of aryl methyl sites for hydroxylation is 1. The summed E-state index contributed by atoms with van der Waals surface area (Å²) in [6, 6.07) is 6.45. The van der Waals surface area contributed by atoms with Crippen LogP contribution in [0.25, 0.3) is 0 Å². The lowest BCUT2D eigenvalue weighted by Gasteiger charge is -2.19. The summed E-state index contributed by atoms with van der Waals surface area (Å²) >= 11 is 3.67. The maximum absolute atomic E-state index is 3.67. The summed E-state index contributed by atoms with van der Waals surface area (Å²) in [5.41, 5.74) is 2.67. The number of hydrogen-bond acceptors (Lipinski definition) is 2. The van der Waals surface area contributed by atoms with E-state index in [-0.39, 0.29) is 0 Å². The van der Waals surface area contributed by atoms with Gasteiger partial charge in [-0.2, -0.15) is 0 Å². The molecule has 3 heteroatoms. The van der Waals surface area contributed by atoms with Crippen LogP contribution in [-0.2, 0) is 6.54 Å². The molecule has 2 nitrogen and oxygen atoms in total. The Morgan fingerprint density at radius 3 is 2.72 bits per heavy atom. The molecule has 0 aliphatic carbocycles. The fourth-order valence-corrected chi connectivity index (χ4v) is 2.25. The van der Waals surface area contributed by atoms with Crippen molar-refractivity contribution in [1.82, 2.24) is 10.2 Å². The van der Waals surface area contributed by atoms with Crippen molar-refractivity contribution < 1.29 is 0 Å². The number of halogens is 1. The molecule has 0 aromatic heterocycles. The average Bonchev–Trinajstić information content (AvgIpc) is 2.30. The van der Waals surface area contributed by atoms with Crippen molar-refractivity contribution in [2.45, 2.75) is 27.3 Å². The molecule has 1 rings (SSSR count). The van der Waals surface area contributed by atoms with Crippen molar-refractivity contribution in [3.63, 3.8) is 0 Å². The first-order valence-corrected chi connectivity index (χ1v) is 7.43. The van der Waals surface area contributed by atoms with Gasteiger partial charge in [-0.1, -0.05) is 48.0 Å². The molecular weight excluding hydrogens is 288 g/mol. The molecule has 0 aliphatic rings. The summed E-state index contributed by atoms with van der Waals surface area (Å²) < 4.78 is 1.24. The summed E-state index contributed by atoms with van der Waals surface area (Å²) in [6.45, 7) is 10.8. The van der Waals surface area contributed by atoms with Crippen LogP contribution in [0, 0.1) is 12.8 Å². The molecule has 0 saturated carbocycles. The van der Waals surface area contributed by atoms with E-state index in [1.54, 1.807) is 0 Å². The van der Waals surface area contributed by atoms with Crippen molar-refractivity contribution >= 4 is 15.9 Å². The molecule has 0 unspecified atom stereocenters. The Morgan fingerprint density at radius 1 is 1.33 bits per heavy atom. The number of hydrogen-bond donors (Lipinski definition) is 1. The van der Waals surface area contributed by atoms with E-state index >= 15 is 0 Å². The highest BCUT2D eigenvalue weighted by Gasteiger charge is 2.05. The Bertz CT molecular complexity index is 364. The quantitative estimate of drug-likeness (QED) is 0.776. The smallest absolute Gasteiger partial charge is 0.0249 e. The van der Waals surface area contributed by atoms with Gasteiger partial charge in [0.1, 0.15) is 0 Å². The lowest BCUT2D eigenvalue weighted by molar-refractivity contribution is 0.321. The molecule has 1 aromatic carbocycles. The molecule has 0 heterocycles. The Balaban J connectivity index is 2.35. The van der Waals surface area contributed by atoms with Crippen molar-refractivity contribution in [3.8, 4) is 0 Å². The second-order valence-corrected chi connectivity index (χ2v) is 6.18. The van der Waals surface area contributed by atoms with E-state index < -0.39 is 0 Å². The Morgan fingerprint density at radius 2 is 2.06 bits per heavy atom. The van der Waals surface area contributed by atoms with Crippen LogP contribution in [0.4, 0.5) is 0 Å². The predicted molar refractivity (Wildman–Crippen MR) is 82.9 cm³/mol. The zero-order chi connectivity index (χ0) is 13.5. The van der Waals surface area contributed by atoms with Crippen LogP contribution < -0.4 is 5.32 Å². The highest BCUT2D eigenvalue weighted by Crippen LogP contribution is 2.21. The minimum atomic E-state index is 0.723. The highest BCUT2D eigenvalue weighted by molar-refractivity contribution is 9.10. The SMILES string of the molecule is Cc1cccc(CN(C)CCNCC(C)C)c1Br. The molecule has 18 heavy (non-hydrogen) atoms. The fourth-order valence-electron chi connectivity index (χ4n) is 1.86. The minimum Gasteiger partial charge on any atom is -0.315 e. The van der Waals surface area contributed by atoms with E-state index in [0.717, 1.165) is 32.1 Å². The first-order chi connectivity index (χ1) is 8.50. The van der Waals surface area contributed by atoms with Gasteiger partial charge in [0.05, 0.1) is 0 Å². The van der Waals surface area contributed by atoms with Crippen molar-refractivity contribution in [1.29, 1.82) is 0 Å². The van der Waals surface area contributed by atoms with E-state index in [2.05, 4.69) is 72.2 Å². The molecule has 0 fully saturated rings. The number of rotatable bonds is 7. The van der Waals surface area contributed by atoms with Gasteiger partial charge in [-0.3, -0.25) is 0 Å². The second-order valence-electron chi connectivity index (χ2n) is 5.38. The molecule has 0 spiro atoms. The van der Waals surface area contributed by atoms with Gasteiger partial charge < -0.3 is 10.2 Å². The van der Waals surface area contributed by atoms with Gasteiger partial charge in [-0.05, 0) is 37.6 Å². The first-order valence-electron chi connectivity index (χ1n) is 6.64. The van der Waals surface area contributed by atoms with Crippen LogP contribution in [0.1, 0.15) is 25.0 Å². The minimum absolute atomic E-state index is 0.723. The van der Waals surface area contributed by atoms with Crippen LogP contribution in [0.3, 0.4) is 0 Å². The summed E-state index contributed by atoms with van der Waals surface area (Å²) in [4.78, 5) is 2.35. The summed E-state index contributed by atoms with van der Waals surface area (Å²) in [5.74, 6) is 0.723. The van der Waals surface area contributed by atoms with Gasteiger partial charge >= 0.3 is 0 Å². The van der Waals surface area contributed by atoms with Crippen LogP contribution in [0.2, 0.25) is 0 Å². The second kappa shape index (κ2) is 7.93. The molecule has 1 N–H and O–H groups in total. The van der Waals surface area contributed by atoms with Gasteiger partial charge in [0.25, 0.3) is 0 Å². The van der Waals surface area contributed by atoms with Crippen LogP contribution >= 0.6 is 15.9 Å². The van der Waals surface area contributed by atoms with Gasteiger partial charge in [0, 0.05) is 24.1 Å². The molecular formula is C15H25BrN2. The fraction of sp³-hybridized carbons (Fsp3) is 0.600. The van der Waals surface area contributed by atoms with Gasteiger partial charge in [0.15, 0.2) is 0 Å². The molecule has 0 bridgehead atoms. The van der Waals surface area contributed by atoms with Gasteiger partial charge in [0.2, 0.25) is 0 Å². The summed E-state index contributed by atoms with van der Waals surface area (Å²) in [5, 5.41) is 3.47. The summed E-state index contributed by atoms with van der Waals surface area (Å²) in [7, 11) is 2.17. The number of nitrogens with one attached hydrogen (secondary N) is 1. The molecule has 0 saturated heterocycles. The largest absolute Gasteiger partial charge is 0.315 e. The lowest BCUT2D eigenvalue weighted by Crippen LogP contribution is -2.30. The number of nitrogens with zero attached hydrogens (tertiary/aromatic N) is 1. The third-order valence-electron chi connectivity index (χ3n) is 2.93. The average molecular weight is 313 g/mol. The van der Waals surface area contributed by atoms with E-state index in [9.17, 15) is 0 Å². The van der Waals surface area contributed by atoms with E-state index in [4.69, 9.17) is 0 Å². The van der Waals surface area contributed by atoms with Crippen LogP contribution in [0.5, 0.6) is 0 Å². The maximum atomic E-state index is 3.67. The van der Waals surface area contributed by atoms with Crippen molar-refractivity contribution in [2.75, 3.05) is 26.7 Å². The predicted octanol–water partition coefficient (Wildman–Crippen LogP) is 3.43. The zero-order valence-electron chi connectivity index (χ0n) is 12.0. The van der Waals surface area contributed by atoms with Crippen LogP contribution in [-0.4, -0.2) is 31.6 Å². The molecule has 0 aliphatic heterocycles.